The second kappa shape index (κ2) is 12.3. The van der Waals surface area contributed by atoms with Gasteiger partial charge in [-0.2, -0.15) is 9.97 Å². The van der Waals surface area contributed by atoms with Crippen LogP contribution < -0.4 is 0 Å². The fourth-order valence-corrected chi connectivity index (χ4v) is 7.23. The molecule has 0 radical (unpaired) electrons. The van der Waals surface area contributed by atoms with Crippen LogP contribution in [-0.4, -0.2) is 19.5 Å². The van der Waals surface area contributed by atoms with E-state index in [2.05, 4.69) is 9.97 Å². The molecule has 0 atom stereocenters. The smallest absolute Gasteiger partial charge is 0.238 e. The number of hydrogen-bond acceptors (Lipinski definition) is 5. The van der Waals surface area contributed by atoms with Crippen LogP contribution in [0.15, 0.2) is 190 Å². The summed E-state index contributed by atoms with van der Waals surface area (Å²) in [6.45, 7) is 0. The Hall–Kier alpha value is -7.83. The fraction of sp³-hybridized carbons (Fsp3) is 0. The van der Waals surface area contributed by atoms with Crippen molar-refractivity contribution in [2.75, 3.05) is 0 Å². The normalized spacial score (nSPS) is 16.5. The maximum Gasteiger partial charge on any atom is 0.238 e. The van der Waals surface area contributed by atoms with Crippen molar-refractivity contribution in [1.29, 1.82) is 0 Å². The van der Waals surface area contributed by atoms with Gasteiger partial charge in [0.1, 0.15) is 22.3 Å². The lowest BCUT2D eigenvalue weighted by atomic mass is 9.99. The summed E-state index contributed by atoms with van der Waals surface area (Å²) in [5, 5.41) is -0.0997. The molecule has 266 valence electrons. The molecule has 0 spiro atoms. The quantitative estimate of drug-likeness (QED) is 0.175. The van der Waals surface area contributed by atoms with E-state index in [4.69, 9.17) is 31.6 Å². The number of rotatable bonds is 5. The number of nitrogens with zero attached hydrogens (tertiary/aromatic N) is 4. The Labute approximate surface area is 352 Å². The predicted octanol–water partition coefficient (Wildman–Crippen LogP) is 13.4. The van der Waals surface area contributed by atoms with Gasteiger partial charge in [-0.15, -0.1) is 0 Å². The molecule has 6 heteroatoms. The number of hydrogen-bond donors (Lipinski definition) is 0. The topological polar surface area (TPSA) is 69.9 Å². The van der Waals surface area contributed by atoms with Crippen molar-refractivity contribution in [3.63, 3.8) is 0 Å². The lowest BCUT2D eigenvalue weighted by Crippen LogP contribution is -2.06. The third-order valence-electron chi connectivity index (χ3n) is 9.72. The first-order valence-electron chi connectivity index (χ1n) is 27.0. The SMILES string of the molecule is [2H]c1c([2H])c([2H])c(-c2nc(-c3ccc4c(c3)oc3cccc(-c5c([2H])c([2H])c([2H])c([2H])c5[2H])c34)nc(-n3c4c([2H])c([2H])c([2H])c([2H])c4c4c([2H])c([2H])c5c(oc6c([2H])c(-c7ccccc7)c([2H])c([2H])c65)c43)n2)c([2H])c1[2H]. The first-order chi connectivity index (χ1) is 36.2. The molecule has 4 aromatic heterocycles. The highest BCUT2D eigenvalue weighted by atomic mass is 16.3. The standard InChI is InChI=1S/C51H30N4O2/c1-4-13-31(14-5-1)34-23-25-38-40-28-27-39-37-19-10-11-21-42(37)55(47(39)48(40)57-44(38)29-34)51-53-49(33-17-8-3-9-18-33)52-50(54-51)35-24-26-41-45(30-35)56-43-22-12-20-36(46(41)43)32-15-6-2-7-16-32/h1-30H/i2D,3D,6D,7D,8D,9D,10D,11D,15D,16D,17D,18D,19D,21D,23D,25D,27D,28D,29D. The summed E-state index contributed by atoms with van der Waals surface area (Å²) < 4.78 is 183. The molecule has 0 amide bonds. The second-order valence-corrected chi connectivity index (χ2v) is 12.9. The van der Waals surface area contributed by atoms with E-state index in [1.807, 2.05) is 0 Å². The summed E-state index contributed by atoms with van der Waals surface area (Å²) >= 11 is 0. The highest BCUT2D eigenvalue weighted by molar-refractivity contribution is 6.21. The van der Waals surface area contributed by atoms with Crippen molar-refractivity contribution >= 4 is 65.7 Å². The van der Waals surface area contributed by atoms with E-state index in [1.54, 1.807) is 60.7 Å². The molecule has 12 aromatic rings. The zero-order valence-corrected chi connectivity index (χ0v) is 29.0. The Bertz CT molecular complexity index is 4590. The van der Waals surface area contributed by atoms with Crippen LogP contribution in [0.1, 0.15) is 26.0 Å². The van der Waals surface area contributed by atoms with Crippen molar-refractivity contribution in [1.82, 2.24) is 19.5 Å². The molecule has 0 aliphatic carbocycles. The van der Waals surface area contributed by atoms with E-state index in [9.17, 15) is 8.22 Å². The van der Waals surface area contributed by atoms with E-state index in [-0.39, 0.29) is 95.1 Å². The van der Waals surface area contributed by atoms with Crippen LogP contribution in [0.25, 0.3) is 117 Å². The van der Waals surface area contributed by atoms with Crippen molar-refractivity contribution < 1.29 is 34.9 Å². The molecule has 8 aromatic carbocycles. The summed E-state index contributed by atoms with van der Waals surface area (Å²) in [7, 11) is 0. The fourth-order valence-electron chi connectivity index (χ4n) is 7.23. The average Bonchev–Trinajstić information content (AvgIpc) is 4.22. The number of aromatic nitrogens is 4. The van der Waals surface area contributed by atoms with Gasteiger partial charge in [-0.1, -0.05) is 139 Å². The number of benzene rings is 8. The Morgan fingerprint density at radius 2 is 1.19 bits per heavy atom. The molecule has 12 rings (SSSR count). The zero-order chi connectivity index (χ0) is 54.0. The van der Waals surface area contributed by atoms with Gasteiger partial charge in [0.25, 0.3) is 0 Å². The van der Waals surface area contributed by atoms with E-state index in [1.165, 1.54) is 6.07 Å². The second-order valence-electron chi connectivity index (χ2n) is 12.9. The molecule has 4 heterocycles. The van der Waals surface area contributed by atoms with Crippen LogP contribution in [-0.2, 0) is 0 Å². The first kappa shape index (κ1) is 18.2. The summed E-state index contributed by atoms with van der Waals surface area (Å²) in [5.41, 5.74) is -0.391. The molecule has 0 fully saturated rings. The number of fused-ring (bicyclic) bond motifs is 10. The molecule has 6 nitrogen and oxygen atoms in total. The molecule has 0 aliphatic heterocycles. The zero-order valence-electron chi connectivity index (χ0n) is 48.0. The van der Waals surface area contributed by atoms with Crippen molar-refractivity contribution in [2.24, 2.45) is 0 Å². The van der Waals surface area contributed by atoms with E-state index >= 15 is 0 Å². The van der Waals surface area contributed by atoms with Crippen molar-refractivity contribution in [3.05, 3.63) is 182 Å². The summed E-state index contributed by atoms with van der Waals surface area (Å²) in [4.78, 5) is 14.2. The molecule has 0 unspecified atom stereocenters. The largest absolute Gasteiger partial charge is 0.456 e. The number of para-hydroxylation sites is 1. The van der Waals surface area contributed by atoms with Gasteiger partial charge in [-0.3, -0.25) is 4.57 Å². The number of furan rings is 2. The van der Waals surface area contributed by atoms with E-state index in [0.717, 1.165) is 4.57 Å². The van der Waals surface area contributed by atoms with Crippen LogP contribution in [0.5, 0.6) is 0 Å². The highest BCUT2D eigenvalue weighted by Gasteiger charge is 2.23. The van der Waals surface area contributed by atoms with E-state index < -0.39 is 120 Å². The summed E-state index contributed by atoms with van der Waals surface area (Å²) in [6, 6.07) is 6.66. The maximum absolute atomic E-state index is 9.54. The maximum atomic E-state index is 9.54. The molecule has 0 aliphatic rings. The lowest BCUT2D eigenvalue weighted by Gasteiger charge is -2.11. The third kappa shape index (κ3) is 4.94. The molecule has 0 saturated carbocycles. The molecule has 0 bridgehead atoms. The Morgan fingerprint density at radius 1 is 0.456 bits per heavy atom. The van der Waals surface area contributed by atoms with Crippen LogP contribution >= 0.6 is 0 Å². The van der Waals surface area contributed by atoms with Crippen LogP contribution in [0.4, 0.5) is 0 Å². The minimum absolute atomic E-state index is 0.0308. The van der Waals surface area contributed by atoms with Gasteiger partial charge < -0.3 is 8.83 Å². The van der Waals surface area contributed by atoms with Gasteiger partial charge in [0.05, 0.1) is 31.6 Å². The van der Waals surface area contributed by atoms with Gasteiger partial charge >= 0.3 is 0 Å². The van der Waals surface area contributed by atoms with Crippen LogP contribution in [0.3, 0.4) is 0 Å². The van der Waals surface area contributed by atoms with Crippen molar-refractivity contribution in [2.45, 2.75) is 0 Å². The van der Waals surface area contributed by atoms with Crippen LogP contribution in [0, 0.1) is 0 Å². The lowest BCUT2D eigenvalue weighted by molar-refractivity contribution is 0.669. The Balaban J connectivity index is 1.22. The molecule has 0 saturated heterocycles. The Kier molecular flexibility index (Phi) is 3.94. The third-order valence-corrected chi connectivity index (χ3v) is 9.72. The molecule has 0 N–H and O–H groups in total. The Morgan fingerprint density at radius 3 is 2.04 bits per heavy atom. The average molecular weight is 750 g/mol. The molecule has 57 heavy (non-hydrogen) atoms. The summed E-state index contributed by atoms with van der Waals surface area (Å²) in [5.74, 6) is -1.28. The van der Waals surface area contributed by atoms with Crippen molar-refractivity contribution in [3.8, 4) is 51.0 Å². The minimum atomic E-state index is -0.740. The highest BCUT2D eigenvalue weighted by Crippen LogP contribution is 2.42. The monoisotopic (exact) mass is 749 g/mol. The van der Waals surface area contributed by atoms with Gasteiger partial charge in [-0.05, 0) is 64.6 Å². The molecular weight excluding hydrogens is 701 g/mol. The van der Waals surface area contributed by atoms with E-state index in [0.29, 0.717) is 16.3 Å². The molecular formula is C51H30N4O2. The van der Waals surface area contributed by atoms with Gasteiger partial charge in [0.2, 0.25) is 5.95 Å². The summed E-state index contributed by atoms with van der Waals surface area (Å²) in [6.07, 6.45) is 0. The minimum Gasteiger partial charge on any atom is -0.456 e. The predicted molar refractivity (Wildman–Crippen MR) is 230 cm³/mol. The van der Waals surface area contributed by atoms with Gasteiger partial charge in [-0.25, -0.2) is 4.98 Å². The van der Waals surface area contributed by atoms with Gasteiger partial charge in [0.15, 0.2) is 17.2 Å². The van der Waals surface area contributed by atoms with Crippen LogP contribution in [0.2, 0.25) is 0 Å². The first-order valence-corrected chi connectivity index (χ1v) is 17.5. The van der Waals surface area contributed by atoms with Gasteiger partial charge in [0, 0.05) is 43.4 Å².